The molecule has 3 aromatic rings. The second kappa shape index (κ2) is 8.65. The van der Waals surface area contributed by atoms with Gasteiger partial charge >= 0.3 is 0 Å². The second-order valence-corrected chi connectivity index (χ2v) is 8.50. The first-order chi connectivity index (χ1) is 14.8. The Hall–Kier alpha value is -2.96. The number of aromatic nitrogens is 1. The third-order valence-corrected chi connectivity index (χ3v) is 5.57. The number of hydrogen-bond acceptors (Lipinski definition) is 4. The monoisotopic (exact) mass is 438 g/mol. The minimum atomic E-state index is -0.518. The number of halogens is 2. The highest BCUT2D eigenvalue weighted by Gasteiger charge is 2.27. The molecule has 2 heterocycles. The summed E-state index contributed by atoms with van der Waals surface area (Å²) in [5.41, 5.74) is 11.8. The number of aryl methyl sites for hydroxylation is 2. The first-order valence-corrected chi connectivity index (χ1v) is 10.5. The molecule has 31 heavy (non-hydrogen) atoms. The van der Waals surface area contributed by atoms with Gasteiger partial charge < -0.3 is 16.0 Å². The zero-order valence-electron chi connectivity index (χ0n) is 17.5. The Kier molecular flexibility index (Phi) is 5.94. The summed E-state index contributed by atoms with van der Waals surface area (Å²) in [6.07, 6.45) is 4.17. The third-order valence-electron chi connectivity index (χ3n) is 5.36. The lowest BCUT2D eigenvalue weighted by atomic mass is 9.98. The summed E-state index contributed by atoms with van der Waals surface area (Å²) in [7, 11) is 0. The standard InChI is InChI=1S/C24H24ClFN4O/c1-14-5-15(2)7-16(6-14)21-11-28-12-22(23(21)30-4-3-19(27)13-30)24(31)29-20-9-17(25)8-18(26)10-20/h5-12,19H,3-4,13,27H2,1-2H3,(H,29,31)/t19-/m0/s1. The van der Waals surface area contributed by atoms with Crippen molar-refractivity contribution in [3.8, 4) is 11.1 Å². The molecule has 2 aromatic carbocycles. The molecule has 1 fully saturated rings. The second-order valence-electron chi connectivity index (χ2n) is 8.07. The van der Waals surface area contributed by atoms with Crippen molar-refractivity contribution in [2.45, 2.75) is 26.3 Å². The fraction of sp³-hybridized carbons (Fsp3) is 0.250. The Balaban J connectivity index is 1.80. The molecule has 160 valence electrons. The summed E-state index contributed by atoms with van der Waals surface area (Å²) in [5, 5.41) is 2.97. The summed E-state index contributed by atoms with van der Waals surface area (Å²) in [6, 6.07) is 10.2. The van der Waals surface area contributed by atoms with E-state index in [0.29, 0.717) is 12.1 Å². The van der Waals surface area contributed by atoms with Gasteiger partial charge in [-0.25, -0.2) is 4.39 Å². The molecule has 0 aliphatic carbocycles. The van der Waals surface area contributed by atoms with Crippen LogP contribution in [0.4, 0.5) is 15.8 Å². The van der Waals surface area contributed by atoms with Gasteiger partial charge in [-0.15, -0.1) is 0 Å². The zero-order valence-corrected chi connectivity index (χ0v) is 18.2. The quantitative estimate of drug-likeness (QED) is 0.604. The van der Waals surface area contributed by atoms with Crippen molar-refractivity contribution in [3.63, 3.8) is 0 Å². The highest BCUT2D eigenvalue weighted by atomic mass is 35.5. The molecule has 0 bridgehead atoms. The molecule has 0 radical (unpaired) electrons. The number of nitrogens with two attached hydrogens (primary N) is 1. The van der Waals surface area contributed by atoms with E-state index in [4.69, 9.17) is 17.3 Å². The predicted octanol–water partition coefficient (Wildman–Crippen LogP) is 4.95. The minimum Gasteiger partial charge on any atom is -0.369 e. The number of anilines is 2. The Morgan fingerprint density at radius 1 is 1.16 bits per heavy atom. The van der Waals surface area contributed by atoms with Crippen LogP contribution in [0.3, 0.4) is 0 Å². The summed E-state index contributed by atoms with van der Waals surface area (Å²) in [6.45, 7) is 5.47. The van der Waals surface area contributed by atoms with Crippen molar-refractivity contribution in [3.05, 3.63) is 76.3 Å². The molecule has 0 unspecified atom stereocenters. The third kappa shape index (κ3) is 4.70. The SMILES string of the molecule is Cc1cc(C)cc(-c2cncc(C(=O)Nc3cc(F)cc(Cl)c3)c2N2CC[C@H](N)C2)c1. The first kappa shape index (κ1) is 21.3. The lowest BCUT2D eigenvalue weighted by Gasteiger charge is -2.25. The van der Waals surface area contributed by atoms with Gasteiger partial charge in [0.2, 0.25) is 0 Å². The minimum absolute atomic E-state index is 0.0400. The summed E-state index contributed by atoms with van der Waals surface area (Å²) >= 11 is 5.94. The Morgan fingerprint density at radius 2 is 1.90 bits per heavy atom. The van der Waals surface area contributed by atoms with Crippen LogP contribution in [0.5, 0.6) is 0 Å². The van der Waals surface area contributed by atoms with Gasteiger partial charge in [-0.3, -0.25) is 9.78 Å². The molecule has 1 atom stereocenters. The largest absolute Gasteiger partial charge is 0.369 e. The van der Waals surface area contributed by atoms with Crippen molar-refractivity contribution in [2.24, 2.45) is 5.73 Å². The van der Waals surface area contributed by atoms with Crippen LogP contribution in [0, 0.1) is 19.7 Å². The van der Waals surface area contributed by atoms with Crippen LogP contribution in [0.2, 0.25) is 5.02 Å². The van der Waals surface area contributed by atoms with E-state index >= 15 is 0 Å². The fourth-order valence-electron chi connectivity index (χ4n) is 4.12. The number of pyridine rings is 1. The highest BCUT2D eigenvalue weighted by Crippen LogP contribution is 2.36. The maximum Gasteiger partial charge on any atom is 0.259 e. The summed E-state index contributed by atoms with van der Waals surface area (Å²) in [4.78, 5) is 19.7. The lowest BCUT2D eigenvalue weighted by molar-refractivity contribution is 0.102. The number of nitrogens with zero attached hydrogens (tertiary/aromatic N) is 2. The number of rotatable bonds is 4. The molecule has 1 aromatic heterocycles. The van der Waals surface area contributed by atoms with Gasteiger partial charge in [0.15, 0.2) is 0 Å². The van der Waals surface area contributed by atoms with Crippen LogP contribution in [-0.4, -0.2) is 30.0 Å². The van der Waals surface area contributed by atoms with Gasteiger partial charge in [0, 0.05) is 47.8 Å². The van der Waals surface area contributed by atoms with Crippen LogP contribution in [0.25, 0.3) is 11.1 Å². The average Bonchev–Trinajstić information content (AvgIpc) is 3.11. The Bertz CT molecular complexity index is 1110. The molecule has 0 saturated carbocycles. The molecular formula is C24H24ClFN4O. The molecular weight excluding hydrogens is 415 g/mol. The van der Waals surface area contributed by atoms with E-state index in [-0.39, 0.29) is 22.7 Å². The molecule has 1 aliphatic heterocycles. The van der Waals surface area contributed by atoms with Gasteiger partial charge in [0.05, 0.1) is 11.3 Å². The lowest BCUT2D eigenvalue weighted by Crippen LogP contribution is -2.29. The predicted molar refractivity (Wildman–Crippen MR) is 123 cm³/mol. The van der Waals surface area contributed by atoms with Crippen molar-refractivity contribution in [1.82, 2.24) is 4.98 Å². The molecule has 1 saturated heterocycles. The van der Waals surface area contributed by atoms with Crippen molar-refractivity contribution in [1.29, 1.82) is 0 Å². The van der Waals surface area contributed by atoms with Gasteiger partial charge in [-0.1, -0.05) is 40.9 Å². The molecule has 5 nitrogen and oxygen atoms in total. The molecule has 1 aliphatic rings. The maximum atomic E-state index is 13.7. The molecule has 0 spiro atoms. The number of hydrogen-bond donors (Lipinski definition) is 2. The van der Waals surface area contributed by atoms with Crippen molar-refractivity contribution < 1.29 is 9.18 Å². The number of amides is 1. The fourth-order valence-corrected chi connectivity index (χ4v) is 4.34. The van der Waals surface area contributed by atoms with Crippen LogP contribution < -0.4 is 16.0 Å². The Morgan fingerprint density at radius 3 is 2.55 bits per heavy atom. The van der Waals surface area contributed by atoms with E-state index in [1.807, 2.05) is 13.8 Å². The van der Waals surface area contributed by atoms with Gasteiger partial charge in [-0.05, 0) is 44.0 Å². The van der Waals surface area contributed by atoms with E-state index in [1.165, 1.54) is 18.2 Å². The number of benzene rings is 2. The molecule has 4 rings (SSSR count). The zero-order chi connectivity index (χ0) is 22.1. The highest BCUT2D eigenvalue weighted by molar-refractivity contribution is 6.31. The van der Waals surface area contributed by atoms with Gasteiger partial charge in [-0.2, -0.15) is 0 Å². The number of carbonyl (C=O) groups is 1. The van der Waals surface area contributed by atoms with Gasteiger partial charge in [0.1, 0.15) is 5.82 Å². The number of carbonyl (C=O) groups excluding carboxylic acids is 1. The molecule has 7 heteroatoms. The summed E-state index contributed by atoms with van der Waals surface area (Å²) in [5.74, 6) is -0.897. The van der Waals surface area contributed by atoms with Gasteiger partial charge in [0.25, 0.3) is 5.91 Å². The topological polar surface area (TPSA) is 71.2 Å². The average molecular weight is 439 g/mol. The van der Waals surface area contributed by atoms with Crippen LogP contribution >= 0.6 is 11.6 Å². The van der Waals surface area contributed by atoms with E-state index < -0.39 is 5.82 Å². The summed E-state index contributed by atoms with van der Waals surface area (Å²) < 4.78 is 13.7. The smallest absolute Gasteiger partial charge is 0.259 e. The number of nitrogens with one attached hydrogen (secondary N) is 1. The van der Waals surface area contributed by atoms with Crippen molar-refractivity contribution in [2.75, 3.05) is 23.3 Å². The maximum absolute atomic E-state index is 13.7. The van der Waals surface area contributed by atoms with E-state index in [9.17, 15) is 9.18 Å². The van der Waals surface area contributed by atoms with Crippen molar-refractivity contribution >= 4 is 28.9 Å². The van der Waals surface area contributed by atoms with Crippen LogP contribution in [0.15, 0.2) is 48.8 Å². The van der Waals surface area contributed by atoms with Crippen LogP contribution in [-0.2, 0) is 0 Å². The van der Waals surface area contributed by atoms with E-state index in [0.717, 1.165) is 40.9 Å². The molecule has 1 amide bonds. The van der Waals surface area contributed by atoms with Crippen LogP contribution in [0.1, 0.15) is 27.9 Å². The van der Waals surface area contributed by atoms with E-state index in [2.05, 4.69) is 33.4 Å². The molecule has 3 N–H and O–H groups in total. The normalized spacial score (nSPS) is 15.9. The van der Waals surface area contributed by atoms with E-state index in [1.54, 1.807) is 12.4 Å². The Labute approximate surface area is 186 Å². The first-order valence-electron chi connectivity index (χ1n) is 10.1.